The van der Waals surface area contributed by atoms with Crippen LogP contribution in [0.25, 0.3) is 0 Å². The third-order valence-electron chi connectivity index (χ3n) is 4.64. The van der Waals surface area contributed by atoms with Crippen molar-refractivity contribution in [1.82, 2.24) is 5.32 Å². The predicted octanol–water partition coefficient (Wildman–Crippen LogP) is 5.94. The summed E-state index contributed by atoms with van der Waals surface area (Å²) < 4.78 is 11.3. The van der Waals surface area contributed by atoms with Crippen LogP contribution in [0.15, 0.2) is 53.9 Å². The van der Waals surface area contributed by atoms with Crippen LogP contribution in [0.2, 0.25) is 5.02 Å². The van der Waals surface area contributed by atoms with Crippen molar-refractivity contribution in [3.05, 3.63) is 74.9 Å². The van der Waals surface area contributed by atoms with Crippen LogP contribution in [-0.4, -0.2) is 25.0 Å². The van der Waals surface area contributed by atoms with Gasteiger partial charge in [0.1, 0.15) is 0 Å². The summed E-state index contributed by atoms with van der Waals surface area (Å²) in [6, 6.07) is 13.6. The second-order valence-electron chi connectivity index (χ2n) is 6.89. The first-order valence-corrected chi connectivity index (χ1v) is 11.5. The van der Waals surface area contributed by atoms with Crippen LogP contribution in [0.5, 0.6) is 11.5 Å². The molecule has 1 aromatic heterocycles. The molecule has 2 N–H and O–H groups in total. The van der Waals surface area contributed by atoms with Gasteiger partial charge in [-0.3, -0.25) is 9.59 Å². The van der Waals surface area contributed by atoms with E-state index in [4.69, 9.17) is 21.1 Å². The standard InChI is InChI=1S/C24H25ClN2O4S/c1-4-30-20-11-9-16(14-21(20)31-5-2)15(3)26-23(28)17-8-10-18(25)19(13-17)27-24(29)22-7-6-12-32-22/h6-15H,4-5H2,1-3H3,(H,26,28)(H,27,29). The Hall–Kier alpha value is -3.03. The van der Waals surface area contributed by atoms with Gasteiger partial charge in [0, 0.05) is 5.56 Å². The quantitative estimate of drug-likeness (QED) is 0.404. The van der Waals surface area contributed by atoms with Crippen LogP contribution in [0.1, 0.15) is 52.4 Å². The summed E-state index contributed by atoms with van der Waals surface area (Å²) in [5, 5.41) is 7.91. The molecule has 3 aromatic rings. The molecule has 32 heavy (non-hydrogen) atoms. The molecule has 8 heteroatoms. The Morgan fingerprint density at radius 3 is 2.44 bits per heavy atom. The van der Waals surface area contributed by atoms with Gasteiger partial charge in [-0.15, -0.1) is 11.3 Å². The minimum Gasteiger partial charge on any atom is -0.490 e. The number of nitrogens with one attached hydrogen (secondary N) is 2. The van der Waals surface area contributed by atoms with Gasteiger partial charge in [-0.1, -0.05) is 23.7 Å². The van der Waals surface area contributed by atoms with Gasteiger partial charge in [0.25, 0.3) is 11.8 Å². The summed E-state index contributed by atoms with van der Waals surface area (Å²) in [6.45, 7) is 6.75. The number of benzene rings is 2. The van der Waals surface area contributed by atoms with Crippen molar-refractivity contribution in [2.24, 2.45) is 0 Å². The zero-order valence-electron chi connectivity index (χ0n) is 18.1. The van der Waals surface area contributed by atoms with E-state index < -0.39 is 0 Å². The van der Waals surface area contributed by atoms with Gasteiger partial charge in [0.05, 0.1) is 34.8 Å². The van der Waals surface area contributed by atoms with Crippen molar-refractivity contribution >= 4 is 40.4 Å². The Bertz CT molecular complexity index is 1090. The third-order valence-corrected chi connectivity index (χ3v) is 5.83. The molecule has 168 valence electrons. The zero-order chi connectivity index (χ0) is 23.1. The average Bonchev–Trinajstić information content (AvgIpc) is 3.32. The molecular formula is C24H25ClN2O4S. The lowest BCUT2D eigenvalue weighted by atomic mass is 10.1. The van der Waals surface area contributed by atoms with E-state index in [9.17, 15) is 9.59 Å². The summed E-state index contributed by atoms with van der Waals surface area (Å²) in [4.78, 5) is 25.8. The fourth-order valence-electron chi connectivity index (χ4n) is 3.05. The highest BCUT2D eigenvalue weighted by molar-refractivity contribution is 7.12. The lowest BCUT2D eigenvalue weighted by molar-refractivity contribution is 0.0938. The van der Waals surface area contributed by atoms with Crippen molar-refractivity contribution < 1.29 is 19.1 Å². The molecule has 1 heterocycles. The number of hydrogen-bond donors (Lipinski definition) is 2. The van der Waals surface area contributed by atoms with Crippen molar-refractivity contribution in [3.63, 3.8) is 0 Å². The number of rotatable bonds is 9. The molecule has 0 fully saturated rings. The van der Waals surface area contributed by atoms with Crippen molar-refractivity contribution in [2.45, 2.75) is 26.8 Å². The van der Waals surface area contributed by atoms with Gasteiger partial charge in [0.15, 0.2) is 11.5 Å². The molecule has 0 aliphatic rings. The lowest BCUT2D eigenvalue weighted by Gasteiger charge is -2.18. The highest BCUT2D eigenvalue weighted by atomic mass is 35.5. The largest absolute Gasteiger partial charge is 0.490 e. The van der Waals surface area contributed by atoms with Crippen LogP contribution < -0.4 is 20.1 Å². The van der Waals surface area contributed by atoms with E-state index in [-0.39, 0.29) is 17.9 Å². The summed E-state index contributed by atoms with van der Waals surface area (Å²) in [5.74, 6) is 0.747. The minimum atomic E-state index is -0.285. The molecule has 0 spiro atoms. The topological polar surface area (TPSA) is 76.7 Å². The van der Waals surface area contributed by atoms with Gasteiger partial charge >= 0.3 is 0 Å². The van der Waals surface area contributed by atoms with Crippen LogP contribution >= 0.6 is 22.9 Å². The zero-order valence-corrected chi connectivity index (χ0v) is 19.7. The predicted molar refractivity (Wildman–Crippen MR) is 128 cm³/mol. The van der Waals surface area contributed by atoms with Crippen LogP contribution in [0, 0.1) is 0 Å². The Morgan fingerprint density at radius 1 is 1.00 bits per heavy atom. The van der Waals surface area contributed by atoms with Crippen molar-refractivity contribution in [2.75, 3.05) is 18.5 Å². The summed E-state index contributed by atoms with van der Waals surface area (Å²) in [7, 11) is 0. The lowest BCUT2D eigenvalue weighted by Crippen LogP contribution is -2.26. The van der Waals surface area contributed by atoms with E-state index in [1.165, 1.54) is 11.3 Å². The number of amides is 2. The van der Waals surface area contributed by atoms with E-state index >= 15 is 0 Å². The van der Waals surface area contributed by atoms with Crippen molar-refractivity contribution in [1.29, 1.82) is 0 Å². The molecule has 0 saturated heterocycles. The van der Waals surface area contributed by atoms with E-state index in [1.807, 2.05) is 44.4 Å². The number of ether oxygens (including phenoxy) is 2. The molecule has 0 radical (unpaired) electrons. The monoisotopic (exact) mass is 472 g/mol. The first-order chi connectivity index (χ1) is 15.4. The molecule has 6 nitrogen and oxygen atoms in total. The molecule has 0 saturated carbocycles. The van der Waals surface area contributed by atoms with Gasteiger partial charge in [-0.25, -0.2) is 0 Å². The highest BCUT2D eigenvalue weighted by Gasteiger charge is 2.17. The SMILES string of the molecule is CCOc1ccc(C(C)NC(=O)c2ccc(Cl)c(NC(=O)c3cccs3)c2)cc1OCC. The molecule has 0 bridgehead atoms. The molecule has 2 aromatic carbocycles. The molecule has 3 rings (SSSR count). The summed E-state index contributed by atoms with van der Waals surface area (Å²) >= 11 is 7.55. The summed E-state index contributed by atoms with van der Waals surface area (Å²) in [5.41, 5.74) is 1.65. The van der Waals surface area contributed by atoms with Gasteiger partial charge in [0.2, 0.25) is 0 Å². The second-order valence-corrected chi connectivity index (χ2v) is 8.25. The molecule has 0 aliphatic carbocycles. The molecular weight excluding hydrogens is 448 g/mol. The average molecular weight is 473 g/mol. The van der Waals surface area contributed by atoms with E-state index in [2.05, 4.69) is 10.6 Å². The first-order valence-electron chi connectivity index (χ1n) is 10.3. The number of carbonyl (C=O) groups is 2. The van der Waals surface area contributed by atoms with Crippen molar-refractivity contribution in [3.8, 4) is 11.5 Å². The summed E-state index contributed by atoms with van der Waals surface area (Å²) in [6.07, 6.45) is 0. The van der Waals surface area contributed by atoms with Gasteiger partial charge in [-0.2, -0.15) is 0 Å². The van der Waals surface area contributed by atoms with Crippen LogP contribution in [-0.2, 0) is 0 Å². The number of thiophene rings is 1. The fraction of sp³-hybridized carbons (Fsp3) is 0.250. The number of anilines is 1. The Kier molecular flexibility index (Phi) is 8.14. The molecule has 0 aliphatic heterocycles. The van der Waals surface area contributed by atoms with Crippen LogP contribution in [0.3, 0.4) is 0 Å². The molecule has 2 amide bonds. The number of halogens is 1. The normalized spacial score (nSPS) is 11.5. The Morgan fingerprint density at radius 2 is 1.75 bits per heavy atom. The Balaban J connectivity index is 1.74. The Labute approximate surface area is 196 Å². The van der Waals surface area contributed by atoms with E-state index in [0.717, 1.165) is 5.56 Å². The number of carbonyl (C=O) groups excluding carboxylic acids is 2. The van der Waals surface area contributed by atoms with E-state index in [0.29, 0.717) is 45.9 Å². The maximum absolute atomic E-state index is 12.9. The smallest absolute Gasteiger partial charge is 0.265 e. The highest BCUT2D eigenvalue weighted by Crippen LogP contribution is 2.31. The second kappa shape index (κ2) is 11.0. The maximum atomic E-state index is 12.9. The maximum Gasteiger partial charge on any atom is 0.265 e. The minimum absolute atomic E-state index is 0.273. The number of hydrogen-bond acceptors (Lipinski definition) is 5. The van der Waals surface area contributed by atoms with Gasteiger partial charge in [-0.05, 0) is 68.1 Å². The third kappa shape index (κ3) is 5.81. The molecule has 1 unspecified atom stereocenters. The van der Waals surface area contributed by atoms with E-state index in [1.54, 1.807) is 30.3 Å². The van der Waals surface area contributed by atoms with Crippen LogP contribution in [0.4, 0.5) is 5.69 Å². The fourth-order valence-corrected chi connectivity index (χ4v) is 3.84. The van der Waals surface area contributed by atoms with Gasteiger partial charge < -0.3 is 20.1 Å². The first kappa shape index (κ1) is 23.6. The molecule has 1 atom stereocenters.